The number of benzene rings is 2. The molecule has 0 saturated carbocycles. The van der Waals surface area contributed by atoms with Crippen LogP contribution in [0, 0.1) is 0 Å². The van der Waals surface area contributed by atoms with Gasteiger partial charge in [0, 0.05) is 27.5 Å². The quantitative estimate of drug-likeness (QED) is 0.347. The van der Waals surface area contributed by atoms with Gasteiger partial charge in [-0.05, 0) is 40.6 Å². The van der Waals surface area contributed by atoms with Gasteiger partial charge in [0.1, 0.15) is 5.54 Å². The van der Waals surface area contributed by atoms with E-state index in [1.807, 2.05) is 54.1 Å². The van der Waals surface area contributed by atoms with Crippen LogP contribution in [-0.2, 0) is 10.3 Å². The van der Waals surface area contributed by atoms with Crippen molar-refractivity contribution >= 4 is 48.8 Å². The Morgan fingerprint density at radius 3 is 1.77 bits per heavy atom. The summed E-state index contributed by atoms with van der Waals surface area (Å²) in [6.07, 6.45) is 0. The Hall–Kier alpha value is -2.25. The highest BCUT2D eigenvalue weighted by Gasteiger charge is 2.40. The second kappa shape index (κ2) is 6.81. The van der Waals surface area contributed by atoms with E-state index in [0.29, 0.717) is 0 Å². The maximum absolute atomic E-state index is 12.1. The number of carbonyl (C=O) groups is 1. The zero-order chi connectivity index (χ0) is 17.6. The minimum atomic E-state index is -0.953. The van der Waals surface area contributed by atoms with Crippen molar-refractivity contribution in [3.05, 3.63) is 70.4 Å². The van der Waals surface area contributed by atoms with E-state index >= 15 is 0 Å². The highest BCUT2D eigenvalue weighted by Crippen LogP contribution is 2.45. The zero-order valence-electron chi connectivity index (χ0n) is 14.6. The van der Waals surface area contributed by atoms with E-state index in [2.05, 4.69) is 12.1 Å². The summed E-state index contributed by atoms with van der Waals surface area (Å²) in [6, 6.07) is 16.2. The van der Waals surface area contributed by atoms with Crippen molar-refractivity contribution < 1.29 is 10.0 Å². The first-order valence-corrected chi connectivity index (χ1v) is 9.72. The van der Waals surface area contributed by atoms with E-state index in [4.69, 9.17) is 0 Å². The van der Waals surface area contributed by atoms with Crippen molar-refractivity contribution in [2.24, 2.45) is 0 Å². The standard InChI is InChI=1S/C20H17NO2S2.H3N/c1-13(22)21(23)20(2,16-11-24-18-9-5-3-7-14(16)18)17-12-25-19-10-6-4-8-15(17)19;/h3-12,23H,1-2H3;1H3. The van der Waals surface area contributed by atoms with Gasteiger partial charge in [0.05, 0.1) is 0 Å². The lowest BCUT2D eigenvalue weighted by Gasteiger charge is -2.36. The van der Waals surface area contributed by atoms with Crippen molar-refractivity contribution in [1.82, 2.24) is 11.2 Å². The van der Waals surface area contributed by atoms with Crippen molar-refractivity contribution in [3.63, 3.8) is 0 Å². The Balaban J connectivity index is 0.00000196. The van der Waals surface area contributed by atoms with Crippen LogP contribution < -0.4 is 6.15 Å². The molecule has 0 aliphatic carbocycles. The molecule has 26 heavy (non-hydrogen) atoms. The Morgan fingerprint density at radius 1 is 0.923 bits per heavy atom. The van der Waals surface area contributed by atoms with Gasteiger partial charge in [0.25, 0.3) is 0 Å². The number of fused-ring (bicyclic) bond motifs is 2. The molecule has 0 atom stereocenters. The molecular formula is C20H20N2O2S2. The van der Waals surface area contributed by atoms with Gasteiger partial charge in [0.2, 0.25) is 5.91 Å². The molecule has 4 nitrogen and oxygen atoms in total. The summed E-state index contributed by atoms with van der Waals surface area (Å²) < 4.78 is 2.28. The molecule has 0 radical (unpaired) electrons. The lowest BCUT2D eigenvalue weighted by atomic mass is 9.83. The van der Waals surface area contributed by atoms with Crippen LogP contribution in [0.2, 0.25) is 0 Å². The number of hydrogen-bond acceptors (Lipinski definition) is 5. The number of rotatable bonds is 3. The average Bonchev–Trinajstić information content (AvgIpc) is 3.25. The van der Waals surface area contributed by atoms with Crippen molar-refractivity contribution in [1.29, 1.82) is 0 Å². The molecule has 6 heteroatoms. The molecular weight excluding hydrogens is 364 g/mol. The van der Waals surface area contributed by atoms with Gasteiger partial charge in [-0.2, -0.15) is 0 Å². The predicted molar refractivity (Wildman–Crippen MR) is 109 cm³/mol. The van der Waals surface area contributed by atoms with Gasteiger partial charge in [0.15, 0.2) is 0 Å². The number of amides is 1. The third kappa shape index (κ3) is 2.62. The van der Waals surface area contributed by atoms with Crippen molar-refractivity contribution in [3.8, 4) is 0 Å². The third-order valence-electron chi connectivity index (χ3n) is 4.73. The fourth-order valence-electron chi connectivity index (χ4n) is 3.40. The topological polar surface area (TPSA) is 75.5 Å². The van der Waals surface area contributed by atoms with E-state index in [0.717, 1.165) is 36.4 Å². The fraction of sp³-hybridized carbons (Fsp3) is 0.150. The number of hydroxylamine groups is 2. The molecule has 0 spiro atoms. The molecule has 1 amide bonds. The fourth-order valence-corrected chi connectivity index (χ4v) is 5.52. The molecule has 4 aromatic rings. The van der Waals surface area contributed by atoms with Gasteiger partial charge < -0.3 is 6.15 Å². The van der Waals surface area contributed by atoms with Crippen LogP contribution in [0.1, 0.15) is 25.0 Å². The molecule has 0 saturated heterocycles. The van der Waals surface area contributed by atoms with Crippen molar-refractivity contribution in [2.75, 3.05) is 0 Å². The molecule has 2 aromatic heterocycles. The SMILES string of the molecule is CC(=O)N(O)C(C)(c1csc2ccccc12)c1csc2ccccc12.N. The Kier molecular flexibility index (Phi) is 4.86. The Labute approximate surface area is 159 Å². The Morgan fingerprint density at radius 2 is 1.35 bits per heavy atom. The molecule has 0 unspecified atom stereocenters. The summed E-state index contributed by atoms with van der Waals surface area (Å²) in [4.78, 5) is 12.1. The largest absolute Gasteiger partial charge is 0.344 e. The lowest BCUT2D eigenvalue weighted by Crippen LogP contribution is -2.45. The molecule has 0 bridgehead atoms. The van der Waals surface area contributed by atoms with Crippen LogP contribution in [0.4, 0.5) is 0 Å². The van der Waals surface area contributed by atoms with Crippen molar-refractivity contribution in [2.45, 2.75) is 19.4 Å². The Bertz CT molecular complexity index is 1010. The van der Waals surface area contributed by atoms with Gasteiger partial charge >= 0.3 is 0 Å². The van der Waals surface area contributed by atoms with Crippen LogP contribution in [0.15, 0.2) is 59.3 Å². The third-order valence-corrected chi connectivity index (χ3v) is 6.66. The summed E-state index contributed by atoms with van der Waals surface area (Å²) in [6.45, 7) is 3.30. The molecule has 134 valence electrons. The molecule has 0 fully saturated rings. The zero-order valence-corrected chi connectivity index (χ0v) is 16.2. The molecule has 2 aromatic carbocycles. The maximum Gasteiger partial charge on any atom is 0.243 e. The summed E-state index contributed by atoms with van der Waals surface area (Å²) in [5.41, 5.74) is 0.925. The highest BCUT2D eigenvalue weighted by atomic mass is 32.1. The first-order valence-electron chi connectivity index (χ1n) is 7.96. The summed E-state index contributed by atoms with van der Waals surface area (Å²) >= 11 is 3.25. The molecule has 4 N–H and O–H groups in total. The lowest BCUT2D eigenvalue weighted by molar-refractivity contribution is -0.184. The van der Waals surface area contributed by atoms with Crippen LogP contribution in [0.25, 0.3) is 20.2 Å². The second-order valence-electron chi connectivity index (χ2n) is 6.19. The maximum atomic E-state index is 12.1. The van der Waals surface area contributed by atoms with Gasteiger partial charge in [-0.3, -0.25) is 10.0 Å². The summed E-state index contributed by atoms with van der Waals surface area (Å²) in [5, 5.41) is 17.9. The number of hydrogen-bond donors (Lipinski definition) is 2. The first kappa shape index (κ1) is 18.5. The van der Waals surface area contributed by atoms with E-state index < -0.39 is 5.54 Å². The number of thiophene rings is 2. The van der Waals surface area contributed by atoms with Crippen LogP contribution in [0.5, 0.6) is 0 Å². The van der Waals surface area contributed by atoms with Crippen LogP contribution in [-0.4, -0.2) is 16.2 Å². The minimum Gasteiger partial charge on any atom is -0.344 e. The molecule has 0 aliphatic rings. The van der Waals surface area contributed by atoms with E-state index in [1.54, 1.807) is 22.7 Å². The number of carbonyl (C=O) groups excluding carboxylic acids is 1. The second-order valence-corrected chi connectivity index (χ2v) is 8.02. The van der Waals surface area contributed by atoms with E-state index in [-0.39, 0.29) is 12.1 Å². The predicted octanol–water partition coefficient (Wildman–Crippen LogP) is 5.78. The van der Waals surface area contributed by atoms with E-state index in [9.17, 15) is 10.0 Å². The van der Waals surface area contributed by atoms with Crippen LogP contribution >= 0.6 is 22.7 Å². The summed E-state index contributed by atoms with van der Waals surface area (Å²) in [7, 11) is 0. The smallest absolute Gasteiger partial charge is 0.243 e. The highest BCUT2D eigenvalue weighted by molar-refractivity contribution is 7.17. The monoisotopic (exact) mass is 384 g/mol. The summed E-state index contributed by atoms with van der Waals surface area (Å²) in [5.74, 6) is -0.381. The van der Waals surface area contributed by atoms with E-state index in [1.165, 1.54) is 6.92 Å². The number of nitrogens with zero attached hydrogens (tertiary/aromatic N) is 1. The molecule has 2 heterocycles. The normalized spacial score (nSPS) is 11.5. The minimum absolute atomic E-state index is 0. The molecule has 0 aliphatic heterocycles. The van der Waals surface area contributed by atoms with Crippen LogP contribution in [0.3, 0.4) is 0 Å². The first-order chi connectivity index (χ1) is 12.0. The van der Waals surface area contributed by atoms with Gasteiger partial charge in [-0.25, -0.2) is 5.06 Å². The van der Waals surface area contributed by atoms with Gasteiger partial charge in [-0.1, -0.05) is 36.4 Å². The molecule has 4 rings (SSSR count). The van der Waals surface area contributed by atoms with Gasteiger partial charge in [-0.15, -0.1) is 22.7 Å². The average molecular weight is 385 g/mol.